The molecule has 1 N–H and O–H groups in total. The summed E-state index contributed by atoms with van der Waals surface area (Å²) in [7, 11) is -0.679. The van der Waals surface area contributed by atoms with Crippen molar-refractivity contribution < 1.29 is 4.21 Å². The van der Waals surface area contributed by atoms with Gasteiger partial charge in [-0.25, -0.2) is 0 Å². The Bertz CT molecular complexity index is 322. The molecule has 1 aliphatic rings. The largest absolute Gasteiger partial charge is 0.313 e. The number of nitrogens with one attached hydrogen (secondary N) is 1. The van der Waals surface area contributed by atoms with Crippen molar-refractivity contribution in [3.8, 4) is 0 Å². The van der Waals surface area contributed by atoms with Crippen LogP contribution in [0.5, 0.6) is 0 Å². The average molecular weight is 316 g/mol. The smallest absolute Gasteiger partial charge is 0.0504 e. The first-order valence-corrected chi connectivity index (χ1v) is 10.2. The molecule has 2 nitrogen and oxygen atoms in total. The molecule has 0 aliphatic heterocycles. The van der Waals surface area contributed by atoms with Gasteiger partial charge in [0, 0.05) is 22.6 Å². The summed E-state index contributed by atoms with van der Waals surface area (Å²) >= 11 is 0. The van der Waals surface area contributed by atoms with Crippen molar-refractivity contribution in [3.05, 3.63) is 0 Å². The molecule has 0 amide bonds. The van der Waals surface area contributed by atoms with Crippen LogP contribution in [0.15, 0.2) is 0 Å². The first kappa shape index (κ1) is 19.2. The molecule has 0 spiro atoms. The van der Waals surface area contributed by atoms with E-state index in [2.05, 4.69) is 46.9 Å². The third-order valence-electron chi connectivity index (χ3n) is 4.91. The second-order valence-electron chi connectivity index (χ2n) is 8.24. The monoisotopic (exact) mass is 315 g/mol. The fraction of sp³-hybridized carbons (Fsp3) is 1.00. The Hall–Kier alpha value is 0.110. The molecular formula is C18H37NOS. The van der Waals surface area contributed by atoms with Gasteiger partial charge in [0.2, 0.25) is 0 Å². The van der Waals surface area contributed by atoms with Crippen LogP contribution in [0.4, 0.5) is 0 Å². The SMILES string of the molecule is CCCNC1CCC(C(C)(C)C)CC1S(=O)CCC(C)C. The number of rotatable bonds is 7. The van der Waals surface area contributed by atoms with Crippen LogP contribution in [0.25, 0.3) is 0 Å². The summed E-state index contributed by atoms with van der Waals surface area (Å²) in [5.74, 6) is 2.24. The van der Waals surface area contributed by atoms with Crippen molar-refractivity contribution in [1.29, 1.82) is 0 Å². The van der Waals surface area contributed by atoms with Gasteiger partial charge >= 0.3 is 0 Å². The van der Waals surface area contributed by atoms with Gasteiger partial charge in [0.25, 0.3) is 0 Å². The van der Waals surface area contributed by atoms with Gasteiger partial charge in [-0.3, -0.25) is 4.21 Å². The molecule has 21 heavy (non-hydrogen) atoms. The van der Waals surface area contributed by atoms with Gasteiger partial charge in [-0.05, 0) is 55.9 Å². The maximum absolute atomic E-state index is 12.8. The molecule has 4 atom stereocenters. The Morgan fingerprint density at radius 2 is 1.90 bits per heavy atom. The zero-order valence-corrected chi connectivity index (χ0v) is 15.9. The summed E-state index contributed by atoms with van der Waals surface area (Å²) in [5, 5.41) is 4.02. The molecule has 1 saturated carbocycles. The van der Waals surface area contributed by atoms with Crippen LogP contribution in [0, 0.1) is 17.3 Å². The summed E-state index contributed by atoms with van der Waals surface area (Å²) in [6.45, 7) is 14.7. The molecule has 1 aliphatic carbocycles. The lowest BCUT2D eigenvalue weighted by Crippen LogP contribution is -2.48. The van der Waals surface area contributed by atoms with Crippen molar-refractivity contribution in [3.63, 3.8) is 0 Å². The lowest BCUT2D eigenvalue weighted by atomic mass is 9.71. The molecule has 0 aromatic carbocycles. The van der Waals surface area contributed by atoms with E-state index in [-0.39, 0.29) is 0 Å². The third kappa shape index (κ3) is 6.40. The van der Waals surface area contributed by atoms with E-state index in [1.807, 2.05) is 0 Å². The summed E-state index contributed by atoms with van der Waals surface area (Å²) in [5.41, 5.74) is 0.343. The predicted octanol–water partition coefficient (Wildman–Crippen LogP) is 4.36. The van der Waals surface area contributed by atoms with Crippen LogP contribution >= 0.6 is 0 Å². The molecule has 1 rings (SSSR count). The zero-order valence-electron chi connectivity index (χ0n) is 15.1. The van der Waals surface area contributed by atoms with Crippen molar-refractivity contribution in [1.82, 2.24) is 5.32 Å². The summed E-state index contributed by atoms with van der Waals surface area (Å²) in [6, 6.07) is 0.469. The normalized spacial score (nSPS) is 28.8. The van der Waals surface area contributed by atoms with E-state index >= 15 is 0 Å². The molecule has 126 valence electrons. The summed E-state index contributed by atoms with van der Waals surface area (Å²) < 4.78 is 12.8. The van der Waals surface area contributed by atoms with Crippen LogP contribution in [0.3, 0.4) is 0 Å². The van der Waals surface area contributed by atoms with Crippen LogP contribution in [-0.4, -0.2) is 27.8 Å². The molecule has 0 saturated heterocycles. The highest BCUT2D eigenvalue weighted by molar-refractivity contribution is 7.85. The fourth-order valence-corrected chi connectivity index (χ4v) is 5.32. The number of hydrogen-bond acceptors (Lipinski definition) is 2. The van der Waals surface area contributed by atoms with E-state index in [0.717, 1.165) is 31.6 Å². The molecule has 0 bridgehead atoms. The second kappa shape index (κ2) is 8.67. The van der Waals surface area contributed by atoms with Crippen LogP contribution in [0.2, 0.25) is 0 Å². The van der Waals surface area contributed by atoms with Gasteiger partial charge in [0.15, 0.2) is 0 Å². The Kier molecular flexibility index (Phi) is 7.91. The molecule has 0 radical (unpaired) electrons. The Balaban J connectivity index is 2.70. The van der Waals surface area contributed by atoms with E-state index in [4.69, 9.17) is 0 Å². The van der Waals surface area contributed by atoms with Gasteiger partial charge in [-0.1, -0.05) is 41.5 Å². The first-order chi connectivity index (χ1) is 9.75. The van der Waals surface area contributed by atoms with E-state index in [1.54, 1.807) is 0 Å². The molecule has 4 unspecified atom stereocenters. The third-order valence-corrected chi connectivity index (χ3v) is 6.74. The second-order valence-corrected chi connectivity index (χ2v) is 10.0. The summed E-state index contributed by atoms with van der Waals surface area (Å²) in [6.07, 6.45) is 5.85. The molecule has 0 heterocycles. The van der Waals surface area contributed by atoms with Crippen molar-refractivity contribution in [2.24, 2.45) is 17.3 Å². The standard InChI is InChI=1S/C18H37NOS/c1-7-11-19-16-9-8-15(18(4,5)6)13-17(16)21(20)12-10-14(2)3/h14-17,19H,7-13H2,1-6H3. The van der Waals surface area contributed by atoms with Crippen LogP contribution in [-0.2, 0) is 10.8 Å². The highest BCUT2D eigenvalue weighted by atomic mass is 32.2. The first-order valence-electron chi connectivity index (χ1n) is 8.86. The Labute approximate surface area is 135 Å². The molecule has 0 aromatic heterocycles. The van der Waals surface area contributed by atoms with Gasteiger partial charge in [0.1, 0.15) is 0 Å². The van der Waals surface area contributed by atoms with Crippen LogP contribution < -0.4 is 5.32 Å². The van der Waals surface area contributed by atoms with Gasteiger partial charge in [0.05, 0.1) is 5.25 Å². The Morgan fingerprint density at radius 3 is 2.43 bits per heavy atom. The van der Waals surface area contributed by atoms with Gasteiger partial charge in [-0.15, -0.1) is 0 Å². The van der Waals surface area contributed by atoms with Crippen molar-refractivity contribution in [2.75, 3.05) is 12.3 Å². The summed E-state index contributed by atoms with van der Waals surface area (Å²) in [4.78, 5) is 0. The Morgan fingerprint density at radius 1 is 1.24 bits per heavy atom. The topological polar surface area (TPSA) is 29.1 Å². The molecule has 0 aromatic rings. The van der Waals surface area contributed by atoms with E-state index < -0.39 is 10.8 Å². The lowest BCUT2D eigenvalue weighted by Gasteiger charge is -2.41. The zero-order chi connectivity index (χ0) is 16.0. The minimum absolute atomic E-state index is 0.343. The van der Waals surface area contributed by atoms with Gasteiger partial charge in [-0.2, -0.15) is 0 Å². The molecule has 1 fully saturated rings. The lowest BCUT2D eigenvalue weighted by molar-refractivity contribution is 0.163. The molecule has 3 heteroatoms. The highest BCUT2D eigenvalue weighted by Crippen LogP contribution is 2.39. The van der Waals surface area contributed by atoms with Crippen molar-refractivity contribution in [2.45, 2.75) is 84.9 Å². The predicted molar refractivity (Wildman–Crippen MR) is 95.1 cm³/mol. The quantitative estimate of drug-likeness (QED) is 0.756. The minimum atomic E-state index is -0.679. The highest BCUT2D eigenvalue weighted by Gasteiger charge is 2.38. The van der Waals surface area contributed by atoms with Crippen molar-refractivity contribution >= 4 is 10.8 Å². The van der Waals surface area contributed by atoms with E-state index in [0.29, 0.717) is 28.5 Å². The number of hydrogen-bond donors (Lipinski definition) is 1. The molecular weight excluding hydrogens is 278 g/mol. The average Bonchev–Trinajstić information content (AvgIpc) is 2.41. The maximum Gasteiger partial charge on any atom is 0.0504 e. The van der Waals surface area contributed by atoms with E-state index in [1.165, 1.54) is 12.8 Å². The van der Waals surface area contributed by atoms with Crippen LogP contribution in [0.1, 0.15) is 73.6 Å². The van der Waals surface area contributed by atoms with Gasteiger partial charge < -0.3 is 5.32 Å². The maximum atomic E-state index is 12.8. The van der Waals surface area contributed by atoms with E-state index in [9.17, 15) is 4.21 Å². The fourth-order valence-electron chi connectivity index (χ4n) is 3.27. The minimum Gasteiger partial charge on any atom is -0.313 e.